The normalized spacial score (nSPS) is 36.2. The predicted molar refractivity (Wildman–Crippen MR) is 77.7 cm³/mol. The molecule has 22 heavy (non-hydrogen) atoms. The average Bonchev–Trinajstić information content (AvgIpc) is 2.40. The first-order chi connectivity index (χ1) is 10.3. The van der Waals surface area contributed by atoms with Gasteiger partial charge in [0.25, 0.3) is 0 Å². The Morgan fingerprint density at radius 1 is 1.05 bits per heavy atom. The number of ether oxygens (including phenoxy) is 2. The van der Waals surface area contributed by atoms with Crippen LogP contribution in [-0.4, -0.2) is 30.8 Å². The van der Waals surface area contributed by atoms with Gasteiger partial charge in [-0.05, 0) is 70.1 Å². The molecule has 4 aliphatic carbocycles. The molecule has 0 atom stereocenters. The highest BCUT2D eigenvalue weighted by atomic mass is 19.1. The minimum absolute atomic E-state index is 0.147. The van der Waals surface area contributed by atoms with E-state index in [2.05, 4.69) is 4.74 Å². The molecular formula is C17H25FO4. The van der Waals surface area contributed by atoms with Crippen LogP contribution in [0.2, 0.25) is 0 Å². The Balaban J connectivity index is 1.46. The van der Waals surface area contributed by atoms with E-state index in [-0.39, 0.29) is 5.41 Å². The van der Waals surface area contributed by atoms with Gasteiger partial charge in [0.15, 0.2) is 6.61 Å². The number of esters is 2. The van der Waals surface area contributed by atoms with Crippen LogP contribution in [0.15, 0.2) is 0 Å². The Hall–Kier alpha value is -1.13. The minimum atomic E-state index is -2.08. The summed E-state index contributed by atoms with van der Waals surface area (Å²) in [5.41, 5.74) is -1.94. The van der Waals surface area contributed by atoms with Crippen molar-refractivity contribution in [3.63, 3.8) is 0 Å². The van der Waals surface area contributed by atoms with Crippen LogP contribution >= 0.6 is 0 Å². The van der Waals surface area contributed by atoms with E-state index in [0.29, 0.717) is 6.61 Å². The summed E-state index contributed by atoms with van der Waals surface area (Å²) in [6.07, 6.45) is 7.50. The summed E-state index contributed by atoms with van der Waals surface area (Å²) in [5.74, 6) is 0.799. The molecule has 0 amide bonds. The molecule has 0 unspecified atom stereocenters. The Labute approximate surface area is 130 Å². The fourth-order valence-electron chi connectivity index (χ4n) is 5.04. The third kappa shape index (κ3) is 3.28. The standard InChI is InChI=1S/C17H25FO4/c1-16(2,18)15(20)21-9-14(19)22-10-17-6-11-3-12(7-17)5-13(4-11)8-17/h11-13H,3-10H2,1-2H3. The van der Waals surface area contributed by atoms with Crippen molar-refractivity contribution in [3.8, 4) is 0 Å². The van der Waals surface area contributed by atoms with Gasteiger partial charge in [-0.1, -0.05) is 0 Å². The molecule has 0 aromatic carbocycles. The molecule has 5 heteroatoms. The first-order valence-electron chi connectivity index (χ1n) is 8.27. The lowest BCUT2D eigenvalue weighted by atomic mass is 9.50. The second kappa shape index (κ2) is 5.50. The third-order valence-corrected chi connectivity index (χ3v) is 5.51. The van der Waals surface area contributed by atoms with Crippen LogP contribution in [0.5, 0.6) is 0 Å². The number of hydrogen-bond acceptors (Lipinski definition) is 4. The Morgan fingerprint density at radius 2 is 1.55 bits per heavy atom. The second-order valence-corrected chi connectivity index (χ2v) is 8.13. The van der Waals surface area contributed by atoms with E-state index in [4.69, 9.17) is 4.74 Å². The van der Waals surface area contributed by atoms with E-state index in [1.54, 1.807) is 0 Å². The molecule has 0 aromatic heterocycles. The second-order valence-electron chi connectivity index (χ2n) is 8.13. The highest BCUT2D eigenvalue weighted by Crippen LogP contribution is 2.60. The zero-order valence-electron chi connectivity index (χ0n) is 13.4. The monoisotopic (exact) mass is 312 g/mol. The van der Waals surface area contributed by atoms with E-state index in [1.165, 1.54) is 19.3 Å². The van der Waals surface area contributed by atoms with Crippen molar-refractivity contribution >= 4 is 11.9 Å². The van der Waals surface area contributed by atoms with Crippen LogP contribution in [0.4, 0.5) is 4.39 Å². The molecule has 4 bridgehead atoms. The largest absolute Gasteiger partial charge is 0.463 e. The van der Waals surface area contributed by atoms with Crippen LogP contribution < -0.4 is 0 Å². The molecule has 4 fully saturated rings. The van der Waals surface area contributed by atoms with Crippen molar-refractivity contribution in [2.24, 2.45) is 23.2 Å². The van der Waals surface area contributed by atoms with Gasteiger partial charge in [0.05, 0.1) is 6.61 Å². The molecule has 0 aliphatic heterocycles. The highest BCUT2D eigenvalue weighted by molar-refractivity contribution is 5.81. The minimum Gasteiger partial charge on any atom is -0.463 e. The number of hydrogen-bond donors (Lipinski definition) is 0. The summed E-state index contributed by atoms with van der Waals surface area (Å²) in [7, 11) is 0. The van der Waals surface area contributed by atoms with Crippen LogP contribution in [0.3, 0.4) is 0 Å². The lowest BCUT2D eigenvalue weighted by Gasteiger charge is -2.56. The van der Waals surface area contributed by atoms with Crippen LogP contribution in [-0.2, 0) is 19.1 Å². The van der Waals surface area contributed by atoms with Crippen molar-refractivity contribution in [1.82, 2.24) is 0 Å². The lowest BCUT2D eigenvalue weighted by molar-refractivity contribution is -0.170. The van der Waals surface area contributed by atoms with Gasteiger partial charge in [-0.2, -0.15) is 0 Å². The van der Waals surface area contributed by atoms with Gasteiger partial charge in [-0.3, -0.25) is 0 Å². The molecular weight excluding hydrogens is 287 g/mol. The molecule has 0 spiro atoms. The number of carbonyl (C=O) groups is 2. The topological polar surface area (TPSA) is 52.6 Å². The molecule has 0 N–H and O–H groups in total. The summed E-state index contributed by atoms with van der Waals surface area (Å²) >= 11 is 0. The molecule has 4 saturated carbocycles. The maximum absolute atomic E-state index is 13.3. The first-order valence-corrected chi connectivity index (χ1v) is 8.27. The molecule has 4 rings (SSSR count). The van der Waals surface area contributed by atoms with Gasteiger partial charge in [0.1, 0.15) is 0 Å². The number of rotatable bonds is 5. The predicted octanol–water partition coefficient (Wildman–Crippen LogP) is 3.04. The van der Waals surface area contributed by atoms with Gasteiger partial charge in [-0.15, -0.1) is 0 Å². The Morgan fingerprint density at radius 3 is 2.00 bits per heavy atom. The van der Waals surface area contributed by atoms with Crippen LogP contribution in [0.1, 0.15) is 52.4 Å². The fourth-order valence-corrected chi connectivity index (χ4v) is 5.04. The van der Waals surface area contributed by atoms with Crippen molar-refractivity contribution in [2.45, 2.75) is 58.0 Å². The first kappa shape index (κ1) is 15.8. The fraction of sp³-hybridized carbons (Fsp3) is 0.882. The zero-order chi connectivity index (χ0) is 16.0. The summed E-state index contributed by atoms with van der Waals surface area (Å²) in [4.78, 5) is 23.0. The number of alkyl halides is 1. The van der Waals surface area contributed by atoms with Gasteiger partial charge in [0.2, 0.25) is 5.67 Å². The summed E-state index contributed by atoms with van der Waals surface area (Å²) < 4.78 is 23.3. The van der Waals surface area contributed by atoms with Crippen molar-refractivity contribution in [1.29, 1.82) is 0 Å². The Bertz CT molecular complexity index is 430. The molecule has 0 saturated heterocycles. The molecule has 0 heterocycles. The molecule has 0 radical (unpaired) electrons. The molecule has 124 valence electrons. The van der Waals surface area contributed by atoms with E-state index in [0.717, 1.165) is 50.9 Å². The van der Waals surface area contributed by atoms with E-state index < -0.39 is 24.2 Å². The Kier molecular flexibility index (Phi) is 3.94. The summed E-state index contributed by atoms with van der Waals surface area (Å²) in [5, 5.41) is 0. The number of halogens is 1. The third-order valence-electron chi connectivity index (χ3n) is 5.51. The van der Waals surface area contributed by atoms with Crippen LogP contribution in [0, 0.1) is 23.2 Å². The average molecular weight is 312 g/mol. The van der Waals surface area contributed by atoms with Gasteiger partial charge in [0, 0.05) is 5.41 Å². The SMILES string of the molecule is CC(C)(F)C(=O)OCC(=O)OCC12CC3CC(CC(C3)C1)C2. The highest BCUT2D eigenvalue weighted by Gasteiger charge is 2.51. The van der Waals surface area contributed by atoms with Crippen molar-refractivity contribution < 1.29 is 23.5 Å². The van der Waals surface area contributed by atoms with Crippen molar-refractivity contribution in [2.75, 3.05) is 13.2 Å². The number of carbonyl (C=O) groups excluding carboxylic acids is 2. The quantitative estimate of drug-likeness (QED) is 0.732. The van der Waals surface area contributed by atoms with E-state index >= 15 is 0 Å². The maximum Gasteiger partial charge on any atom is 0.344 e. The van der Waals surface area contributed by atoms with Gasteiger partial charge >= 0.3 is 11.9 Å². The van der Waals surface area contributed by atoms with E-state index in [1.807, 2.05) is 0 Å². The smallest absolute Gasteiger partial charge is 0.344 e. The van der Waals surface area contributed by atoms with Gasteiger partial charge in [-0.25, -0.2) is 14.0 Å². The van der Waals surface area contributed by atoms with E-state index in [9.17, 15) is 14.0 Å². The molecule has 4 nitrogen and oxygen atoms in total. The summed E-state index contributed by atoms with van der Waals surface area (Å²) in [6.45, 7) is 2.14. The van der Waals surface area contributed by atoms with Crippen LogP contribution in [0.25, 0.3) is 0 Å². The molecule has 0 aromatic rings. The zero-order valence-corrected chi connectivity index (χ0v) is 13.4. The van der Waals surface area contributed by atoms with Gasteiger partial charge < -0.3 is 9.47 Å². The maximum atomic E-state index is 13.3. The summed E-state index contributed by atoms with van der Waals surface area (Å²) in [6, 6.07) is 0. The van der Waals surface area contributed by atoms with Crippen molar-refractivity contribution in [3.05, 3.63) is 0 Å². The lowest BCUT2D eigenvalue weighted by Crippen LogP contribution is -2.48. The molecule has 4 aliphatic rings.